The average molecular weight is 351 g/mol. The Labute approximate surface area is 133 Å². The molecule has 1 atom stereocenters. The van der Waals surface area contributed by atoms with Crippen molar-refractivity contribution in [1.82, 2.24) is 9.78 Å². The molecule has 0 radical (unpaired) electrons. The maximum Gasteiger partial charge on any atom is 0.310 e. The van der Waals surface area contributed by atoms with E-state index in [0.29, 0.717) is 13.2 Å². The molecule has 4 nitrogen and oxygen atoms in total. The minimum atomic E-state index is -0.237. The number of esters is 1. The van der Waals surface area contributed by atoms with Crippen LogP contribution in [0.1, 0.15) is 23.9 Å². The lowest BCUT2D eigenvalue weighted by atomic mass is 10.2. The van der Waals surface area contributed by atoms with Gasteiger partial charge in [0.05, 0.1) is 22.6 Å². The van der Waals surface area contributed by atoms with Crippen molar-refractivity contribution in [2.75, 3.05) is 0 Å². The summed E-state index contributed by atoms with van der Waals surface area (Å²) < 4.78 is 8.18. The van der Waals surface area contributed by atoms with Crippen molar-refractivity contribution in [3.05, 3.63) is 51.8 Å². The van der Waals surface area contributed by atoms with Gasteiger partial charge in [-0.05, 0) is 35.3 Å². The monoisotopic (exact) mass is 350 g/mol. The zero-order valence-electron chi connectivity index (χ0n) is 12.5. The number of hydrogen-bond acceptors (Lipinski definition) is 3. The second-order valence-corrected chi connectivity index (χ2v) is 5.95. The van der Waals surface area contributed by atoms with Gasteiger partial charge < -0.3 is 4.74 Å². The van der Waals surface area contributed by atoms with Crippen molar-refractivity contribution in [1.29, 1.82) is 0 Å². The fourth-order valence-corrected chi connectivity index (χ4v) is 2.34. The van der Waals surface area contributed by atoms with Gasteiger partial charge in [-0.1, -0.05) is 37.3 Å². The fraction of sp³-hybridized carbons (Fsp3) is 0.375. The molecule has 0 aliphatic rings. The molecule has 1 aromatic carbocycles. The smallest absolute Gasteiger partial charge is 0.310 e. The van der Waals surface area contributed by atoms with Crippen molar-refractivity contribution in [2.45, 2.75) is 33.9 Å². The highest BCUT2D eigenvalue weighted by Crippen LogP contribution is 2.20. The van der Waals surface area contributed by atoms with Crippen molar-refractivity contribution < 1.29 is 9.53 Å². The maximum atomic E-state index is 12.0. The Morgan fingerprint density at radius 2 is 2.00 bits per heavy atom. The first kappa shape index (κ1) is 15.8. The van der Waals surface area contributed by atoms with Crippen molar-refractivity contribution >= 4 is 21.9 Å². The normalized spacial score (nSPS) is 12.2. The molecule has 5 heteroatoms. The molecule has 1 unspecified atom stereocenters. The Morgan fingerprint density at radius 1 is 1.33 bits per heavy atom. The first-order valence-electron chi connectivity index (χ1n) is 6.89. The summed E-state index contributed by atoms with van der Waals surface area (Å²) in [6.07, 6.45) is 0. The Balaban J connectivity index is 1.92. The predicted molar refractivity (Wildman–Crippen MR) is 84.8 cm³/mol. The first-order valence-corrected chi connectivity index (χ1v) is 7.68. The largest absolute Gasteiger partial charge is 0.461 e. The summed E-state index contributed by atoms with van der Waals surface area (Å²) in [7, 11) is 0. The highest BCUT2D eigenvalue weighted by atomic mass is 79.9. The van der Waals surface area contributed by atoms with Crippen molar-refractivity contribution in [3.63, 3.8) is 0 Å². The zero-order chi connectivity index (χ0) is 15.4. The van der Waals surface area contributed by atoms with E-state index < -0.39 is 0 Å². The second-order valence-electron chi connectivity index (χ2n) is 5.16. The second kappa shape index (κ2) is 6.89. The maximum absolute atomic E-state index is 12.0. The zero-order valence-corrected chi connectivity index (χ0v) is 14.1. The Bertz CT molecular complexity index is 623. The van der Waals surface area contributed by atoms with Gasteiger partial charge >= 0.3 is 5.97 Å². The van der Waals surface area contributed by atoms with E-state index in [4.69, 9.17) is 4.74 Å². The molecule has 1 heterocycles. The van der Waals surface area contributed by atoms with Crippen LogP contribution in [-0.4, -0.2) is 15.7 Å². The van der Waals surface area contributed by atoms with E-state index in [-0.39, 0.29) is 11.9 Å². The van der Waals surface area contributed by atoms with Gasteiger partial charge in [-0.3, -0.25) is 9.48 Å². The fourth-order valence-electron chi connectivity index (χ4n) is 2.06. The number of halogens is 1. The average Bonchev–Trinajstić information content (AvgIpc) is 2.73. The number of carbonyl (C=O) groups excluding carboxylic acids is 1. The van der Waals surface area contributed by atoms with Gasteiger partial charge in [-0.2, -0.15) is 5.10 Å². The predicted octanol–water partition coefficient (Wildman–Crippen LogP) is 3.64. The molecule has 0 bridgehead atoms. The molecule has 0 aliphatic heterocycles. The molecule has 0 aliphatic carbocycles. The summed E-state index contributed by atoms with van der Waals surface area (Å²) in [5.41, 5.74) is 2.94. The van der Waals surface area contributed by atoms with Crippen LogP contribution < -0.4 is 0 Å². The first-order chi connectivity index (χ1) is 9.99. The summed E-state index contributed by atoms with van der Waals surface area (Å²) in [4.78, 5) is 12.0. The minimum absolute atomic E-state index is 0.206. The molecule has 21 heavy (non-hydrogen) atoms. The Morgan fingerprint density at radius 3 is 2.57 bits per heavy atom. The van der Waals surface area contributed by atoms with E-state index >= 15 is 0 Å². The Hall–Kier alpha value is -1.62. The molecule has 1 aromatic heterocycles. The molecule has 0 saturated carbocycles. The van der Waals surface area contributed by atoms with Gasteiger partial charge in [0.2, 0.25) is 0 Å². The summed E-state index contributed by atoms with van der Waals surface area (Å²) in [5, 5.41) is 4.41. The lowest BCUT2D eigenvalue weighted by Crippen LogP contribution is -2.21. The van der Waals surface area contributed by atoms with E-state index in [1.54, 1.807) is 0 Å². The van der Waals surface area contributed by atoms with Gasteiger partial charge in [0.1, 0.15) is 6.61 Å². The lowest BCUT2D eigenvalue weighted by Gasteiger charge is -2.12. The molecule has 0 spiro atoms. The molecule has 2 rings (SSSR count). The SMILES string of the molecule is Cc1nn(CC(C)C(=O)OCc2ccccc2)c(C)c1Br. The third-order valence-corrected chi connectivity index (χ3v) is 4.51. The third-order valence-electron chi connectivity index (χ3n) is 3.37. The quantitative estimate of drug-likeness (QED) is 0.773. The van der Waals surface area contributed by atoms with Gasteiger partial charge in [0, 0.05) is 5.69 Å². The van der Waals surface area contributed by atoms with Crippen LogP contribution in [0.4, 0.5) is 0 Å². The number of aryl methyl sites for hydroxylation is 1. The van der Waals surface area contributed by atoms with Crippen LogP contribution in [0.5, 0.6) is 0 Å². The number of ether oxygens (including phenoxy) is 1. The number of aromatic nitrogens is 2. The van der Waals surface area contributed by atoms with Crippen LogP contribution in [0.25, 0.3) is 0 Å². The topological polar surface area (TPSA) is 44.1 Å². The van der Waals surface area contributed by atoms with Crippen LogP contribution in [0, 0.1) is 19.8 Å². The van der Waals surface area contributed by atoms with Gasteiger partial charge in [-0.15, -0.1) is 0 Å². The summed E-state index contributed by atoms with van der Waals surface area (Å²) >= 11 is 3.49. The molecule has 0 N–H and O–H groups in total. The molecule has 2 aromatic rings. The molecule has 112 valence electrons. The van der Waals surface area contributed by atoms with Crippen molar-refractivity contribution in [3.8, 4) is 0 Å². The van der Waals surface area contributed by atoms with Crippen LogP contribution in [0.15, 0.2) is 34.8 Å². The number of hydrogen-bond donors (Lipinski definition) is 0. The highest BCUT2D eigenvalue weighted by molar-refractivity contribution is 9.10. The van der Waals surface area contributed by atoms with Gasteiger partial charge in [0.15, 0.2) is 0 Å². The van der Waals surface area contributed by atoms with E-state index in [1.807, 2.05) is 55.8 Å². The van der Waals surface area contributed by atoms with Crippen LogP contribution in [0.2, 0.25) is 0 Å². The van der Waals surface area contributed by atoms with Crippen LogP contribution in [-0.2, 0) is 22.7 Å². The number of rotatable bonds is 5. The number of benzene rings is 1. The number of carbonyl (C=O) groups is 1. The summed E-state index contributed by atoms with van der Waals surface area (Å²) in [6, 6.07) is 9.68. The minimum Gasteiger partial charge on any atom is -0.461 e. The van der Waals surface area contributed by atoms with Crippen LogP contribution >= 0.6 is 15.9 Å². The highest BCUT2D eigenvalue weighted by Gasteiger charge is 2.18. The molecular weight excluding hydrogens is 332 g/mol. The van der Waals surface area contributed by atoms with E-state index in [1.165, 1.54) is 0 Å². The third kappa shape index (κ3) is 3.94. The molecule has 0 fully saturated rings. The van der Waals surface area contributed by atoms with Crippen molar-refractivity contribution in [2.24, 2.45) is 5.92 Å². The van der Waals surface area contributed by atoms with Gasteiger partial charge in [-0.25, -0.2) is 0 Å². The van der Waals surface area contributed by atoms with Gasteiger partial charge in [0.25, 0.3) is 0 Å². The standard InChI is InChI=1S/C16H19BrN2O2/c1-11(9-19-13(3)15(17)12(2)18-19)16(20)21-10-14-7-5-4-6-8-14/h4-8,11H,9-10H2,1-3H3. The van der Waals surface area contributed by atoms with E-state index in [0.717, 1.165) is 21.4 Å². The van der Waals surface area contributed by atoms with Crippen LogP contribution in [0.3, 0.4) is 0 Å². The molecule has 0 amide bonds. The van der Waals surface area contributed by atoms with E-state index in [9.17, 15) is 4.79 Å². The summed E-state index contributed by atoms with van der Waals surface area (Å²) in [6.45, 7) is 6.60. The lowest BCUT2D eigenvalue weighted by molar-refractivity contribution is -0.149. The molecule has 0 saturated heterocycles. The number of nitrogens with zero attached hydrogens (tertiary/aromatic N) is 2. The Kier molecular flexibility index (Phi) is 5.17. The van der Waals surface area contributed by atoms with E-state index in [2.05, 4.69) is 21.0 Å². The molecular formula is C16H19BrN2O2. The summed E-state index contributed by atoms with van der Waals surface area (Å²) in [5.74, 6) is -0.443.